The minimum atomic E-state index is -1.00. The third-order valence-corrected chi connectivity index (χ3v) is 5.32. The second-order valence-corrected chi connectivity index (χ2v) is 7.13. The monoisotopic (exact) mass is 398 g/mol. The molecule has 1 aliphatic carbocycles. The highest BCUT2D eigenvalue weighted by Crippen LogP contribution is 2.38. The molecular weight excluding hydrogens is 375 g/mol. The number of aliphatic hydroxyl groups excluding tert-OH is 2. The maximum atomic E-state index is 10.7. The molecule has 2 unspecified atom stereocenters. The van der Waals surface area contributed by atoms with E-state index in [1.165, 1.54) is 0 Å². The topological polar surface area (TPSA) is 128 Å². The minimum absolute atomic E-state index is 0.0875. The Balaban J connectivity index is 2.29. The SMILES string of the molecule is CC(=N)c1cc(NC(O)C(CCN)C2=C(O)C(Cl)=C(Cl)CC2)ccc1N. The number of hydrogen-bond donors (Lipinski definition) is 6. The van der Waals surface area contributed by atoms with Gasteiger partial charge in [-0.1, -0.05) is 23.2 Å². The highest BCUT2D eigenvalue weighted by Gasteiger charge is 2.29. The van der Waals surface area contributed by atoms with Gasteiger partial charge < -0.3 is 32.4 Å². The average Bonchev–Trinajstić information content (AvgIpc) is 2.59. The van der Waals surface area contributed by atoms with Gasteiger partial charge in [-0.05, 0) is 56.5 Å². The second-order valence-electron chi connectivity index (χ2n) is 6.29. The summed E-state index contributed by atoms with van der Waals surface area (Å²) in [6, 6.07) is 5.11. The van der Waals surface area contributed by atoms with Crippen molar-refractivity contribution < 1.29 is 10.2 Å². The van der Waals surface area contributed by atoms with Gasteiger partial charge in [0.05, 0.1) is 5.03 Å². The maximum absolute atomic E-state index is 10.7. The molecular formula is C18H24Cl2N4O2. The van der Waals surface area contributed by atoms with E-state index in [-0.39, 0.29) is 10.8 Å². The molecule has 1 aromatic carbocycles. The minimum Gasteiger partial charge on any atom is -0.506 e. The van der Waals surface area contributed by atoms with Crippen molar-refractivity contribution >= 4 is 40.3 Å². The van der Waals surface area contributed by atoms with E-state index in [4.69, 9.17) is 40.1 Å². The van der Waals surface area contributed by atoms with Crippen molar-refractivity contribution in [1.29, 1.82) is 5.41 Å². The lowest BCUT2D eigenvalue weighted by Gasteiger charge is -2.29. The first-order valence-corrected chi connectivity index (χ1v) is 9.08. The first kappa shape index (κ1) is 20.6. The molecule has 2 atom stereocenters. The number of aliphatic hydroxyl groups is 2. The van der Waals surface area contributed by atoms with Crippen LogP contribution in [-0.2, 0) is 0 Å². The molecule has 1 aliphatic rings. The smallest absolute Gasteiger partial charge is 0.135 e. The summed E-state index contributed by atoms with van der Waals surface area (Å²) in [6.45, 7) is 1.98. The Hall–Kier alpha value is -1.73. The molecule has 0 bridgehead atoms. The quantitative estimate of drug-likeness (QED) is 0.237. The summed E-state index contributed by atoms with van der Waals surface area (Å²) in [5.41, 5.74) is 14.2. The lowest BCUT2D eigenvalue weighted by atomic mass is 9.86. The highest BCUT2D eigenvalue weighted by atomic mass is 35.5. The van der Waals surface area contributed by atoms with Crippen molar-refractivity contribution in [3.8, 4) is 0 Å². The average molecular weight is 399 g/mol. The van der Waals surface area contributed by atoms with Crippen LogP contribution in [0.5, 0.6) is 0 Å². The Labute approximate surface area is 163 Å². The van der Waals surface area contributed by atoms with Crippen molar-refractivity contribution in [2.75, 3.05) is 17.6 Å². The largest absolute Gasteiger partial charge is 0.506 e. The van der Waals surface area contributed by atoms with E-state index in [0.717, 1.165) is 0 Å². The fraction of sp³-hybridized carbons (Fsp3) is 0.389. The summed E-state index contributed by atoms with van der Waals surface area (Å²) < 4.78 is 0. The lowest BCUT2D eigenvalue weighted by molar-refractivity contribution is 0.143. The van der Waals surface area contributed by atoms with Crippen LogP contribution in [0, 0.1) is 11.3 Å². The molecule has 0 radical (unpaired) electrons. The molecule has 0 aromatic heterocycles. The standard InChI is InChI=1S/C18H24Cl2N4O2/c1-9(22)13-8-10(2-5-15(13)23)24-18(26)12(6-7-21)11-3-4-14(19)16(20)17(11)25/h2,5,8,12,18,22,24-26H,3-4,6-7,21,23H2,1H3. The number of allylic oxidation sites excluding steroid dienone is 2. The molecule has 0 saturated carbocycles. The van der Waals surface area contributed by atoms with Crippen molar-refractivity contribution in [1.82, 2.24) is 0 Å². The molecule has 0 fully saturated rings. The molecule has 0 heterocycles. The molecule has 26 heavy (non-hydrogen) atoms. The second kappa shape index (κ2) is 8.77. The molecule has 8 heteroatoms. The van der Waals surface area contributed by atoms with Gasteiger partial charge >= 0.3 is 0 Å². The van der Waals surface area contributed by atoms with Gasteiger partial charge in [0.15, 0.2) is 0 Å². The van der Waals surface area contributed by atoms with E-state index in [1.54, 1.807) is 25.1 Å². The zero-order chi connectivity index (χ0) is 19.4. The third kappa shape index (κ3) is 4.51. The van der Waals surface area contributed by atoms with Crippen LogP contribution in [0.3, 0.4) is 0 Å². The molecule has 0 spiro atoms. The molecule has 6 nitrogen and oxygen atoms in total. The fourth-order valence-corrected chi connectivity index (χ4v) is 3.45. The van der Waals surface area contributed by atoms with Crippen LogP contribution < -0.4 is 16.8 Å². The van der Waals surface area contributed by atoms with Gasteiger partial charge in [-0.2, -0.15) is 0 Å². The molecule has 8 N–H and O–H groups in total. The van der Waals surface area contributed by atoms with Crippen LogP contribution in [0.15, 0.2) is 39.6 Å². The van der Waals surface area contributed by atoms with E-state index in [2.05, 4.69) is 5.32 Å². The number of benzene rings is 1. The number of nitrogen functional groups attached to an aromatic ring is 1. The Kier molecular flexibility index (Phi) is 6.94. The maximum Gasteiger partial charge on any atom is 0.135 e. The number of anilines is 2. The fourth-order valence-electron chi connectivity index (χ4n) is 3.05. The summed E-state index contributed by atoms with van der Waals surface area (Å²) in [6.07, 6.45) is 0.462. The van der Waals surface area contributed by atoms with Gasteiger partial charge in [-0.3, -0.25) is 0 Å². The zero-order valence-electron chi connectivity index (χ0n) is 14.5. The first-order valence-electron chi connectivity index (χ1n) is 8.32. The molecule has 142 valence electrons. The summed E-state index contributed by atoms with van der Waals surface area (Å²) in [5.74, 6) is -0.517. The Morgan fingerprint density at radius 2 is 2.04 bits per heavy atom. The van der Waals surface area contributed by atoms with E-state index < -0.39 is 12.1 Å². The van der Waals surface area contributed by atoms with Crippen LogP contribution in [0.25, 0.3) is 0 Å². The Bertz CT molecular complexity index is 762. The van der Waals surface area contributed by atoms with Crippen LogP contribution >= 0.6 is 23.2 Å². The lowest BCUT2D eigenvalue weighted by Crippen LogP contribution is -2.33. The van der Waals surface area contributed by atoms with Crippen molar-refractivity contribution in [2.24, 2.45) is 11.7 Å². The third-order valence-electron chi connectivity index (χ3n) is 4.44. The van der Waals surface area contributed by atoms with Gasteiger partial charge in [-0.15, -0.1) is 0 Å². The molecule has 0 amide bonds. The van der Waals surface area contributed by atoms with Gasteiger partial charge in [0.25, 0.3) is 0 Å². The van der Waals surface area contributed by atoms with Gasteiger partial charge in [0, 0.05) is 33.6 Å². The summed E-state index contributed by atoms with van der Waals surface area (Å²) >= 11 is 12.1. The van der Waals surface area contributed by atoms with Crippen molar-refractivity contribution in [2.45, 2.75) is 32.4 Å². The molecule has 0 saturated heterocycles. The Morgan fingerprint density at radius 3 is 2.65 bits per heavy atom. The zero-order valence-corrected chi connectivity index (χ0v) is 16.0. The van der Waals surface area contributed by atoms with Crippen LogP contribution in [0.4, 0.5) is 11.4 Å². The van der Waals surface area contributed by atoms with E-state index >= 15 is 0 Å². The van der Waals surface area contributed by atoms with Gasteiger partial charge in [0.2, 0.25) is 0 Å². The highest BCUT2D eigenvalue weighted by molar-refractivity contribution is 6.40. The molecule has 1 aromatic rings. The Morgan fingerprint density at radius 1 is 1.35 bits per heavy atom. The predicted octanol–water partition coefficient (Wildman–Crippen LogP) is 3.65. The van der Waals surface area contributed by atoms with Crippen LogP contribution in [0.1, 0.15) is 31.7 Å². The summed E-state index contributed by atoms with van der Waals surface area (Å²) in [4.78, 5) is 0. The van der Waals surface area contributed by atoms with Crippen molar-refractivity contribution in [3.63, 3.8) is 0 Å². The molecule has 0 aliphatic heterocycles. The van der Waals surface area contributed by atoms with Crippen LogP contribution in [-0.4, -0.2) is 28.7 Å². The normalized spacial score (nSPS) is 17.3. The first-order chi connectivity index (χ1) is 12.3. The van der Waals surface area contributed by atoms with Gasteiger partial charge in [-0.25, -0.2) is 0 Å². The number of nitrogens with one attached hydrogen (secondary N) is 2. The number of halogens is 2. The van der Waals surface area contributed by atoms with Crippen LogP contribution in [0.2, 0.25) is 0 Å². The predicted molar refractivity (Wildman–Crippen MR) is 108 cm³/mol. The summed E-state index contributed by atoms with van der Waals surface area (Å²) in [7, 11) is 0. The summed E-state index contributed by atoms with van der Waals surface area (Å²) in [5, 5.41) is 32.4. The van der Waals surface area contributed by atoms with Gasteiger partial charge in [0.1, 0.15) is 12.0 Å². The number of hydrogen-bond acceptors (Lipinski definition) is 6. The molecule has 2 rings (SSSR count). The van der Waals surface area contributed by atoms with E-state index in [0.29, 0.717) is 59.1 Å². The van der Waals surface area contributed by atoms with Crippen molar-refractivity contribution in [3.05, 3.63) is 45.2 Å². The van der Waals surface area contributed by atoms with E-state index in [1.807, 2.05) is 0 Å². The number of rotatable bonds is 7. The van der Waals surface area contributed by atoms with E-state index in [9.17, 15) is 10.2 Å². The number of nitrogens with two attached hydrogens (primary N) is 2.